The number of aryl methyl sites for hydroxylation is 1. The van der Waals surface area contributed by atoms with Crippen LogP contribution in [0.3, 0.4) is 0 Å². The molecule has 3 fully saturated rings. The lowest BCUT2D eigenvalue weighted by molar-refractivity contribution is -0.135. The van der Waals surface area contributed by atoms with Gasteiger partial charge in [-0.1, -0.05) is 18.2 Å². The first-order valence-corrected chi connectivity index (χ1v) is 15.7. The Bertz CT molecular complexity index is 1440. The number of fused-ring (bicyclic) bond motifs is 1. The number of aromatic nitrogens is 2. The lowest BCUT2D eigenvalue weighted by Gasteiger charge is -2.36. The van der Waals surface area contributed by atoms with E-state index < -0.39 is 5.92 Å². The van der Waals surface area contributed by atoms with E-state index in [0.717, 1.165) is 62.6 Å². The van der Waals surface area contributed by atoms with Gasteiger partial charge in [0.2, 0.25) is 11.8 Å². The van der Waals surface area contributed by atoms with Crippen molar-refractivity contribution in [3.05, 3.63) is 54.2 Å². The van der Waals surface area contributed by atoms with E-state index in [2.05, 4.69) is 50.5 Å². The summed E-state index contributed by atoms with van der Waals surface area (Å²) in [6.07, 6.45) is 5.80. The van der Waals surface area contributed by atoms with Crippen LogP contribution < -0.4 is 15.0 Å². The molecule has 6 rings (SSSR count). The van der Waals surface area contributed by atoms with Gasteiger partial charge in [-0.2, -0.15) is 5.10 Å². The number of hydrogen-bond acceptors (Lipinski definition) is 7. The van der Waals surface area contributed by atoms with E-state index in [-0.39, 0.29) is 24.3 Å². The van der Waals surface area contributed by atoms with Crippen molar-refractivity contribution in [3.8, 4) is 5.75 Å². The Labute approximate surface area is 252 Å². The third-order valence-electron chi connectivity index (χ3n) is 9.33. The molecule has 228 valence electrons. The van der Waals surface area contributed by atoms with Gasteiger partial charge in [0.1, 0.15) is 5.75 Å². The SMILES string of the molecule is Cn1nc(C2CCC(=O)NC2=O)c2ccc(OCC(=O)N3CCN(CCCC4CCN(c5ccccc5)CC4)CC3)cc21. The second-order valence-electron chi connectivity index (χ2n) is 12.1. The minimum atomic E-state index is -0.452. The number of rotatable bonds is 9. The standard InChI is InChI=1S/C33H42N6O4/c1-36-29-22-26(9-10-27(29)32(35-36)28-11-12-30(40)34-33(28)42)43-23-31(41)39-20-18-37(19-21-39)15-5-6-24-13-16-38(17-14-24)25-7-3-2-4-8-25/h2-4,7-10,22,24,28H,5-6,11-21,23H2,1H3,(H,34,40,42). The van der Waals surface area contributed by atoms with Gasteiger partial charge < -0.3 is 14.5 Å². The quantitative estimate of drug-likeness (QED) is 0.384. The third kappa shape index (κ3) is 6.85. The minimum Gasteiger partial charge on any atom is -0.484 e. The van der Waals surface area contributed by atoms with Crippen molar-refractivity contribution in [2.24, 2.45) is 13.0 Å². The van der Waals surface area contributed by atoms with Gasteiger partial charge in [0, 0.05) is 69.9 Å². The second-order valence-corrected chi connectivity index (χ2v) is 12.1. The number of anilines is 1. The van der Waals surface area contributed by atoms with Gasteiger partial charge >= 0.3 is 0 Å². The summed E-state index contributed by atoms with van der Waals surface area (Å²) in [4.78, 5) is 43.8. The summed E-state index contributed by atoms with van der Waals surface area (Å²) in [5.41, 5.74) is 2.82. The monoisotopic (exact) mass is 586 g/mol. The number of piperidine rings is 2. The maximum Gasteiger partial charge on any atom is 0.260 e. The van der Waals surface area contributed by atoms with Gasteiger partial charge in [0.15, 0.2) is 6.61 Å². The summed E-state index contributed by atoms with van der Waals surface area (Å²) in [6, 6.07) is 16.3. The Kier molecular flexibility index (Phi) is 8.92. The van der Waals surface area contributed by atoms with Crippen molar-refractivity contribution in [3.63, 3.8) is 0 Å². The van der Waals surface area contributed by atoms with E-state index in [9.17, 15) is 14.4 Å². The molecule has 1 aromatic heterocycles. The second kappa shape index (κ2) is 13.2. The van der Waals surface area contributed by atoms with Crippen molar-refractivity contribution in [2.45, 2.75) is 44.4 Å². The van der Waals surface area contributed by atoms with Crippen molar-refractivity contribution in [1.82, 2.24) is 24.9 Å². The van der Waals surface area contributed by atoms with Crippen molar-refractivity contribution < 1.29 is 19.1 Å². The highest BCUT2D eigenvalue weighted by molar-refractivity contribution is 6.02. The summed E-state index contributed by atoms with van der Waals surface area (Å²) < 4.78 is 7.61. The average molecular weight is 587 g/mol. The van der Waals surface area contributed by atoms with Gasteiger partial charge in [-0.05, 0) is 68.8 Å². The van der Waals surface area contributed by atoms with Gasteiger partial charge in [-0.25, -0.2) is 0 Å². The molecule has 3 aromatic rings. The van der Waals surface area contributed by atoms with Crippen LogP contribution in [0.15, 0.2) is 48.5 Å². The smallest absolute Gasteiger partial charge is 0.260 e. The molecule has 43 heavy (non-hydrogen) atoms. The molecule has 4 heterocycles. The molecule has 1 unspecified atom stereocenters. The highest BCUT2D eigenvalue weighted by atomic mass is 16.5. The number of carbonyl (C=O) groups is 3. The van der Waals surface area contributed by atoms with Gasteiger partial charge in [0.25, 0.3) is 5.91 Å². The molecule has 1 atom stereocenters. The Hall–Kier alpha value is -3.92. The van der Waals surface area contributed by atoms with Crippen LogP contribution in [-0.4, -0.2) is 89.7 Å². The first kappa shape index (κ1) is 29.2. The molecule has 3 saturated heterocycles. The summed E-state index contributed by atoms with van der Waals surface area (Å²) in [7, 11) is 1.82. The first-order valence-electron chi connectivity index (χ1n) is 15.7. The summed E-state index contributed by atoms with van der Waals surface area (Å²) >= 11 is 0. The van der Waals surface area contributed by atoms with E-state index in [1.807, 2.05) is 30.1 Å². The van der Waals surface area contributed by atoms with Crippen LogP contribution >= 0.6 is 0 Å². The molecule has 0 spiro atoms. The zero-order valence-corrected chi connectivity index (χ0v) is 25.0. The molecule has 3 aliphatic heterocycles. The molecule has 0 bridgehead atoms. The van der Waals surface area contributed by atoms with E-state index in [1.54, 1.807) is 4.68 Å². The lowest BCUT2D eigenvalue weighted by Crippen LogP contribution is -2.50. The van der Waals surface area contributed by atoms with Crippen molar-refractivity contribution in [1.29, 1.82) is 0 Å². The van der Waals surface area contributed by atoms with Crippen LogP contribution in [0.25, 0.3) is 10.9 Å². The van der Waals surface area contributed by atoms with Crippen LogP contribution in [0.2, 0.25) is 0 Å². The highest BCUT2D eigenvalue weighted by Gasteiger charge is 2.31. The number of nitrogens with one attached hydrogen (secondary N) is 1. The zero-order chi connectivity index (χ0) is 29.8. The van der Waals surface area contributed by atoms with E-state index in [0.29, 0.717) is 24.3 Å². The number of benzene rings is 2. The van der Waals surface area contributed by atoms with Crippen LogP contribution in [0, 0.1) is 5.92 Å². The summed E-state index contributed by atoms with van der Waals surface area (Å²) in [5.74, 6) is 0.406. The number of para-hydroxylation sites is 1. The van der Waals surface area contributed by atoms with Crippen LogP contribution in [0.5, 0.6) is 5.75 Å². The number of imide groups is 1. The first-order chi connectivity index (χ1) is 20.9. The number of hydrogen-bond donors (Lipinski definition) is 1. The third-order valence-corrected chi connectivity index (χ3v) is 9.33. The molecule has 3 aliphatic rings. The van der Waals surface area contributed by atoms with E-state index in [1.165, 1.54) is 31.4 Å². The van der Waals surface area contributed by atoms with Crippen LogP contribution in [0.4, 0.5) is 5.69 Å². The Morgan fingerprint density at radius 2 is 1.74 bits per heavy atom. The van der Waals surface area contributed by atoms with Crippen molar-refractivity contribution >= 4 is 34.3 Å². The molecule has 1 N–H and O–H groups in total. The lowest BCUT2D eigenvalue weighted by atomic mass is 9.92. The molecule has 10 heteroatoms. The van der Waals surface area contributed by atoms with E-state index in [4.69, 9.17) is 4.74 Å². The van der Waals surface area contributed by atoms with E-state index >= 15 is 0 Å². The zero-order valence-electron chi connectivity index (χ0n) is 25.0. The van der Waals surface area contributed by atoms with Gasteiger partial charge in [-0.15, -0.1) is 0 Å². The van der Waals surface area contributed by atoms with Crippen molar-refractivity contribution in [2.75, 3.05) is 57.3 Å². The van der Waals surface area contributed by atoms with Crippen LogP contribution in [-0.2, 0) is 21.4 Å². The number of piperazine rings is 1. The average Bonchev–Trinajstić information content (AvgIpc) is 3.36. The fourth-order valence-corrected chi connectivity index (χ4v) is 6.75. The number of nitrogens with zero attached hydrogens (tertiary/aromatic N) is 5. The molecule has 0 radical (unpaired) electrons. The number of amides is 3. The molecule has 10 nitrogen and oxygen atoms in total. The Morgan fingerprint density at radius 3 is 2.49 bits per heavy atom. The Morgan fingerprint density at radius 1 is 0.977 bits per heavy atom. The molecular weight excluding hydrogens is 544 g/mol. The largest absolute Gasteiger partial charge is 0.484 e. The normalized spacial score (nSPS) is 20.4. The molecule has 0 saturated carbocycles. The predicted molar refractivity (Wildman–Crippen MR) is 165 cm³/mol. The summed E-state index contributed by atoms with van der Waals surface area (Å²) in [6.45, 7) is 6.66. The topological polar surface area (TPSA) is 100 Å². The fraction of sp³-hybridized carbons (Fsp3) is 0.515. The Balaban J connectivity index is 0.914. The van der Waals surface area contributed by atoms with Gasteiger partial charge in [0.05, 0.1) is 17.1 Å². The fourth-order valence-electron chi connectivity index (χ4n) is 6.75. The predicted octanol–water partition coefficient (Wildman–Crippen LogP) is 3.31. The number of carbonyl (C=O) groups excluding carboxylic acids is 3. The molecule has 2 aromatic carbocycles. The molecule has 3 amide bonds. The maximum atomic E-state index is 12.9. The molecule has 0 aliphatic carbocycles. The summed E-state index contributed by atoms with van der Waals surface area (Å²) in [5, 5.41) is 7.84. The van der Waals surface area contributed by atoms with Crippen LogP contribution in [0.1, 0.15) is 50.1 Å². The highest BCUT2D eigenvalue weighted by Crippen LogP contribution is 2.32. The van der Waals surface area contributed by atoms with Gasteiger partial charge in [-0.3, -0.25) is 29.3 Å². The molecular formula is C33H42N6O4. The maximum absolute atomic E-state index is 12.9. The number of ether oxygens (including phenoxy) is 1. The minimum absolute atomic E-state index is 0.000776.